The Kier molecular flexibility index (Phi) is 3.13. The Morgan fingerprint density at radius 3 is 3.11 bits per heavy atom. The molecule has 3 rings (SSSR count). The zero-order valence-corrected chi connectivity index (χ0v) is 11.1. The number of fused-ring (bicyclic) bond motifs is 1. The Bertz CT molecular complexity index is 464. The minimum absolute atomic E-state index is 0.332. The summed E-state index contributed by atoms with van der Waals surface area (Å²) in [5, 5.41) is 0. The summed E-state index contributed by atoms with van der Waals surface area (Å²) in [6, 6.07) is 2.42. The van der Waals surface area contributed by atoms with Gasteiger partial charge in [-0.1, -0.05) is 12.2 Å². The van der Waals surface area contributed by atoms with Crippen molar-refractivity contribution in [3.05, 3.63) is 18.0 Å². The summed E-state index contributed by atoms with van der Waals surface area (Å²) in [6.07, 6.45) is 4.33. The molecule has 1 unspecified atom stereocenters. The molecule has 0 amide bonds. The molecule has 6 heteroatoms. The quantitative estimate of drug-likeness (QED) is 0.779. The molecule has 1 aromatic heterocycles. The first kappa shape index (κ1) is 11.8. The molecule has 18 heavy (non-hydrogen) atoms. The van der Waals surface area contributed by atoms with Crippen LogP contribution in [-0.4, -0.2) is 52.1 Å². The normalized spacial score (nSPS) is 24.0. The molecule has 5 nitrogen and oxygen atoms in total. The number of anilines is 1. The summed E-state index contributed by atoms with van der Waals surface area (Å²) in [5.74, 6) is 0.756. The van der Waals surface area contributed by atoms with Gasteiger partial charge in [-0.05, 0) is 25.5 Å². The molecular weight excluding hydrogens is 246 g/mol. The highest BCUT2D eigenvalue weighted by Gasteiger charge is 2.31. The van der Waals surface area contributed by atoms with Gasteiger partial charge in [0.25, 0.3) is 0 Å². The number of thiocarbonyl (C=S) groups is 1. The summed E-state index contributed by atoms with van der Waals surface area (Å²) in [6.45, 7) is 4.34. The van der Waals surface area contributed by atoms with Crippen LogP contribution in [0.3, 0.4) is 0 Å². The van der Waals surface area contributed by atoms with E-state index in [-0.39, 0.29) is 0 Å². The lowest BCUT2D eigenvalue weighted by Crippen LogP contribution is -2.50. The van der Waals surface area contributed by atoms with Crippen LogP contribution < -0.4 is 10.6 Å². The molecule has 2 N–H and O–H groups in total. The van der Waals surface area contributed by atoms with Crippen molar-refractivity contribution in [2.24, 2.45) is 5.73 Å². The predicted octanol–water partition coefficient (Wildman–Crippen LogP) is 0.395. The van der Waals surface area contributed by atoms with E-state index in [0.29, 0.717) is 16.7 Å². The average Bonchev–Trinajstić information content (AvgIpc) is 2.86. The van der Waals surface area contributed by atoms with Gasteiger partial charge in [0, 0.05) is 31.9 Å². The van der Waals surface area contributed by atoms with E-state index in [1.54, 1.807) is 12.3 Å². The van der Waals surface area contributed by atoms with Gasteiger partial charge in [0.15, 0.2) is 0 Å². The van der Waals surface area contributed by atoms with Crippen molar-refractivity contribution >= 4 is 23.2 Å². The van der Waals surface area contributed by atoms with Crippen molar-refractivity contribution in [3.63, 3.8) is 0 Å². The van der Waals surface area contributed by atoms with E-state index in [1.165, 1.54) is 19.4 Å². The molecule has 0 radical (unpaired) electrons. The molecule has 3 heterocycles. The average molecular weight is 263 g/mol. The van der Waals surface area contributed by atoms with E-state index in [1.807, 2.05) is 0 Å². The minimum atomic E-state index is 0.332. The molecule has 1 aromatic rings. The topological polar surface area (TPSA) is 58.3 Å². The van der Waals surface area contributed by atoms with Crippen LogP contribution in [0, 0.1) is 0 Å². The summed E-state index contributed by atoms with van der Waals surface area (Å²) >= 11 is 4.96. The highest BCUT2D eigenvalue weighted by atomic mass is 32.1. The molecule has 2 aliphatic heterocycles. The van der Waals surface area contributed by atoms with Crippen LogP contribution in [-0.2, 0) is 0 Å². The number of hydrogen-bond donors (Lipinski definition) is 1. The highest BCUT2D eigenvalue weighted by molar-refractivity contribution is 7.80. The lowest BCUT2D eigenvalue weighted by atomic mass is 10.1. The first-order valence-corrected chi connectivity index (χ1v) is 6.77. The summed E-state index contributed by atoms with van der Waals surface area (Å²) < 4.78 is 0. The first-order chi connectivity index (χ1) is 8.74. The molecule has 2 saturated heterocycles. The summed E-state index contributed by atoms with van der Waals surface area (Å²) in [5.41, 5.74) is 6.27. The Labute approximate surface area is 112 Å². The van der Waals surface area contributed by atoms with Gasteiger partial charge in [0.2, 0.25) is 5.95 Å². The molecule has 96 valence electrons. The maximum Gasteiger partial charge on any atom is 0.226 e. The molecule has 0 saturated carbocycles. The Morgan fingerprint density at radius 2 is 2.28 bits per heavy atom. The maximum absolute atomic E-state index is 5.61. The van der Waals surface area contributed by atoms with Crippen LogP contribution in [0.4, 0.5) is 5.95 Å². The second-order valence-electron chi connectivity index (χ2n) is 4.88. The number of nitrogens with zero attached hydrogens (tertiary/aromatic N) is 4. The van der Waals surface area contributed by atoms with E-state index in [9.17, 15) is 0 Å². The van der Waals surface area contributed by atoms with Gasteiger partial charge >= 0.3 is 0 Å². The van der Waals surface area contributed by atoms with Crippen molar-refractivity contribution in [1.29, 1.82) is 0 Å². The Morgan fingerprint density at radius 1 is 1.39 bits per heavy atom. The zero-order valence-electron chi connectivity index (χ0n) is 10.2. The molecule has 1 atom stereocenters. The van der Waals surface area contributed by atoms with Gasteiger partial charge in [-0.15, -0.1) is 0 Å². The second-order valence-corrected chi connectivity index (χ2v) is 5.32. The number of aromatic nitrogens is 2. The minimum Gasteiger partial charge on any atom is -0.388 e. The van der Waals surface area contributed by atoms with E-state index in [2.05, 4.69) is 19.8 Å². The molecule has 0 spiro atoms. The Hall–Kier alpha value is -1.27. The van der Waals surface area contributed by atoms with Crippen LogP contribution in [0.25, 0.3) is 0 Å². The molecule has 2 fully saturated rings. The second kappa shape index (κ2) is 4.78. The van der Waals surface area contributed by atoms with Gasteiger partial charge < -0.3 is 10.6 Å². The number of piperazine rings is 1. The third-order valence-corrected chi connectivity index (χ3v) is 3.97. The smallest absolute Gasteiger partial charge is 0.226 e. The van der Waals surface area contributed by atoms with Crippen LogP contribution in [0.1, 0.15) is 18.5 Å². The lowest BCUT2D eigenvalue weighted by Gasteiger charge is -2.37. The van der Waals surface area contributed by atoms with Crippen molar-refractivity contribution in [1.82, 2.24) is 14.9 Å². The molecule has 0 aromatic carbocycles. The van der Waals surface area contributed by atoms with Crippen LogP contribution >= 0.6 is 12.2 Å². The number of nitrogens with two attached hydrogens (primary N) is 1. The first-order valence-electron chi connectivity index (χ1n) is 6.36. The van der Waals surface area contributed by atoms with Crippen molar-refractivity contribution < 1.29 is 0 Å². The van der Waals surface area contributed by atoms with E-state index >= 15 is 0 Å². The third-order valence-electron chi connectivity index (χ3n) is 3.77. The van der Waals surface area contributed by atoms with Crippen molar-refractivity contribution in [2.75, 3.05) is 31.1 Å². The SMILES string of the molecule is NC(=S)c1ccnc(N2CCN3CCCC3C2)n1. The van der Waals surface area contributed by atoms with E-state index < -0.39 is 0 Å². The molecular formula is C12H17N5S. The molecule has 0 aliphatic carbocycles. The molecule has 0 bridgehead atoms. The van der Waals surface area contributed by atoms with Crippen LogP contribution in [0.15, 0.2) is 12.3 Å². The summed E-state index contributed by atoms with van der Waals surface area (Å²) in [4.78, 5) is 13.9. The highest BCUT2D eigenvalue weighted by Crippen LogP contribution is 2.23. The fourth-order valence-corrected chi connectivity index (χ4v) is 2.92. The fraction of sp³-hybridized carbons (Fsp3) is 0.583. The van der Waals surface area contributed by atoms with Gasteiger partial charge in [0.1, 0.15) is 10.7 Å². The number of hydrogen-bond acceptors (Lipinski definition) is 5. The van der Waals surface area contributed by atoms with E-state index in [0.717, 1.165) is 25.6 Å². The summed E-state index contributed by atoms with van der Waals surface area (Å²) in [7, 11) is 0. The van der Waals surface area contributed by atoms with Crippen molar-refractivity contribution in [2.45, 2.75) is 18.9 Å². The lowest BCUT2D eigenvalue weighted by molar-refractivity contribution is 0.229. The van der Waals surface area contributed by atoms with Crippen LogP contribution in [0.2, 0.25) is 0 Å². The van der Waals surface area contributed by atoms with Gasteiger partial charge in [0.05, 0.1) is 0 Å². The Balaban J connectivity index is 1.78. The largest absolute Gasteiger partial charge is 0.388 e. The zero-order chi connectivity index (χ0) is 12.5. The van der Waals surface area contributed by atoms with E-state index in [4.69, 9.17) is 18.0 Å². The number of rotatable bonds is 2. The van der Waals surface area contributed by atoms with Gasteiger partial charge in [-0.3, -0.25) is 4.90 Å². The fourth-order valence-electron chi connectivity index (χ4n) is 2.81. The standard InChI is InChI=1S/C12H17N5S/c13-11(18)10-3-4-14-12(15-10)17-7-6-16-5-1-2-9(16)8-17/h3-4,9H,1-2,5-8H2,(H2,13,18). The van der Waals surface area contributed by atoms with Gasteiger partial charge in [-0.2, -0.15) is 0 Å². The molecule has 2 aliphatic rings. The maximum atomic E-state index is 5.61. The predicted molar refractivity (Wildman–Crippen MR) is 74.7 cm³/mol. The monoisotopic (exact) mass is 263 g/mol. The third kappa shape index (κ3) is 2.18. The van der Waals surface area contributed by atoms with Crippen molar-refractivity contribution in [3.8, 4) is 0 Å². The van der Waals surface area contributed by atoms with Gasteiger partial charge in [-0.25, -0.2) is 9.97 Å². The van der Waals surface area contributed by atoms with Crippen LogP contribution in [0.5, 0.6) is 0 Å².